The summed E-state index contributed by atoms with van der Waals surface area (Å²) in [5, 5.41) is 0. The van der Waals surface area contributed by atoms with Gasteiger partial charge in [-0.05, 0) is 54.2 Å². The van der Waals surface area contributed by atoms with E-state index in [0.717, 1.165) is 5.57 Å². The largest absolute Gasteiger partial charge is 0.0955 e. The minimum atomic E-state index is 1.13. The zero-order valence-corrected chi connectivity index (χ0v) is 10.7. The van der Waals surface area contributed by atoms with Gasteiger partial charge in [-0.2, -0.15) is 0 Å². The normalized spacial score (nSPS) is 17.0. The maximum Gasteiger partial charge on any atom is -0.00790 e. The smallest absolute Gasteiger partial charge is 0.00790 e. The Morgan fingerprint density at radius 2 is 1.76 bits per heavy atom. The summed E-state index contributed by atoms with van der Waals surface area (Å²) >= 11 is 0. The molecule has 0 heteroatoms. The van der Waals surface area contributed by atoms with Gasteiger partial charge in [0.1, 0.15) is 0 Å². The molecule has 0 nitrogen and oxygen atoms in total. The average Bonchev–Trinajstić information content (AvgIpc) is 2.64. The predicted octanol–water partition coefficient (Wildman–Crippen LogP) is 5.01. The van der Waals surface area contributed by atoms with Crippen LogP contribution in [0.5, 0.6) is 0 Å². The minimum absolute atomic E-state index is 1.13. The van der Waals surface area contributed by atoms with Crippen molar-refractivity contribution in [2.45, 2.75) is 20.8 Å². The zero-order valence-electron chi connectivity index (χ0n) is 10.7. The van der Waals surface area contributed by atoms with Gasteiger partial charge >= 0.3 is 0 Å². The minimum Gasteiger partial charge on any atom is -0.0955 e. The summed E-state index contributed by atoms with van der Waals surface area (Å²) in [5.74, 6) is 0. The van der Waals surface area contributed by atoms with Crippen molar-refractivity contribution in [3.05, 3.63) is 71.3 Å². The zero-order chi connectivity index (χ0) is 12.4. The Labute approximate surface area is 104 Å². The first-order valence-electron chi connectivity index (χ1n) is 6.00. The third-order valence-electron chi connectivity index (χ3n) is 3.09. The summed E-state index contributed by atoms with van der Waals surface area (Å²) in [6.45, 7) is 10.3. The monoisotopic (exact) mass is 222 g/mol. The van der Waals surface area contributed by atoms with Crippen molar-refractivity contribution in [2.24, 2.45) is 0 Å². The topological polar surface area (TPSA) is 0 Å². The first-order valence-corrected chi connectivity index (χ1v) is 6.00. The maximum atomic E-state index is 4.12. The first-order chi connectivity index (χ1) is 8.20. The van der Waals surface area contributed by atoms with Gasteiger partial charge in [-0.1, -0.05) is 49.1 Å². The standard InChI is InChI=1S/C17H18/c1-5-9-16-15-11-8-7-10-14(15)13(6-2)17(16)12(3)4/h5-11H,3H2,1-2,4H3. The number of rotatable bonds is 2. The van der Waals surface area contributed by atoms with Gasteiger partial charge in [-0.25, -0.2) is 0 Å². The molecule has 0 heterocycles. The molecular weight excluding hydrogens is 204 g/mol. The summed E-state index contributed by atoms with van der Waals surface area (Å²) in [6.07, 6.45) is 6.45. The van der Waals surface area contributed by atoms with Gasteiger partial charge in [-0.15, -0.1) is 0 Å². The molecule has 0 aliphatic heterocycles. The Morgan fingerprint density at radius 1 is 1.12 bits per heavy atom. The van der Waals surface area contributed by atoms with Crippen LogP contribution < -0.4 is 0 Å². The van der Waals surface area contributed by atoms with E-state index in [1.54, 1.807) is 0 Å². The van der Waals surface area contributed by atoms with Crippen LogP contribution >= 0.6 is 0 Å². The molecule has 0 amide bonds. The van der Waals surface area contributed by atoms with Crippen LogP contribution in [0.25, 0.3) is 11.1 Å². The second kappa shape index (κ2) is 4.58. The summed E-state index contributed by atoms with van der Waals surface area (Å²) in [5.41, 5.74) is 7.65. The molecule has 0 radical (unpaired) electrons. The molecule has 0 saturated heterocycles. The Kier molecular flexibility index (Phi) is 3.14. The molecule has 0 aromatic heterocycles. The molecular formula is C17H18. The molecule has 0 N–H and O–H groups in total. The molecule has 0 spiro atoms. The molecule has 1 aromatic rings. The van der Waals surface area contributed by atoms with E-state index in [9.17, 15) is 0 Å². The van der Waals surface area contributed by atoms with Gasteiger partial charge in [0, 0.05) is 0 Å². The molecule has 1 aromatic carbocycles. The molecule has 0 atom stereocenters. The van der Waals surface area contributed by atoms with Crippen molar-refractivity contribution < 1.29 is 0 Å². The van der Waals surface area contributed by atoms with Crippen LogP contribution in [0.15, 0.2) is 60.2 Å². The number of fused-ring (bicyclic) bond motifs is 1. The lowest BCUT2D eigenvalue weighted by Crippen LogP contribution is -1.85. The molecule has 17 heavy (non-hydrogen) atoms. The van der Waals surface area contributed by atoms with Gasteiger partial charge in [0.05, 0.1) is 0 Å². The van der Waals surface area contributed by atoms with E-state index < -0.39 is 0 Å². The highest BCUT2D eigenvalue weighted by atomic mass is 14.3. The van der Waals surface area contributed by atoms with E-state index in [1.165, 1.54) is 27.8 Å². The number of benzene rings is 1. The van der Waals surface area contributed by atoms with Crippen LogP contribution in [0.1, 0.15) is 31.9 Å². The fourth-order valence-electron chi connectivity index (χ4n) is 2.47. The molecule has 1 aliphatic rings. The lowest BCUT2D eigenvalue weighted by Gasteiger charge is -2.06. The summed E-state index contributed by atoms with van der Waals surface area (Å²) in [7, 11) is 0. The van der Waals surface area contributed by atoms with E-state index in [-0.39, 0.29) is 0 Å². The second-order valence-electron chi connectivity index (χ2n) is 4.32. The lowest BCUT2D eigenvalue weighted by molar-refractivity contribution is 1.48. The molecule has 0 fully saturated rings. The lowest BCUT2D eigenvalue weighted by atomic mass is 9.98. The van der Waals surface area contributed by atoms with Gasteiger partial charge in [0.25, 0.3) is 0 Å². The van der Waals surface area contributed by atoms with Crippen molar-refractivity contribution in [2.75, 3.05) is 0 Å². The van der Waals surface area contributed by atoms with Crippen molar-refractivity contribution >= 4 is 11.1 Å². The first kappa shape index (κ1) is 11.7. The van der Waals surface area contributed by atoms with Crippen LogP contribution in [0, 0.1) is 0 Å². The predicted molar refractivity (Wildman–Crippen MR) is 76.6 cm³/mol. The van der Waals surface area contributed by atoms with E-state index in [1.807, 2.05) is 0 Å². The Morgan fingerprint density at radius 3 is 2.29 bits per heavy atom. The van der Waals surface area contributed by atoms with Gasteiger partial charge < -0.3 is 0 Å². The van der Waals surface area contributed by atoms with Crippen LogP contribution in [-0.2, 0) is 0 Å². The third kappa shape index (κ3) is 1.80. The summed E-state index contributed by atoms with van der Waals surface area (Å²) in [4.78, 5) is 0. The van der Waals surface area contributed by atoms with Crippen LogP contribution in [0.3, 0.4) is 0 Å². The van der Waals surface area contributed by atoms with Crippen molar-refractivity contribution in [3.63, 3.8) is 0 Å². The SMILES string of the molecule is C=C(C)C1=C(C=CC)c2ccccc2C1=CC. The fraction of sp³-hybridized carbons (Fsp3) is 0.176. The van der Waals surface area contributed by atoms with E-state index in [4.69, 9.17) is 0 Å². The third-order valence-corrected chi connectivity index (χ3v) is 3.09. The van der Waals surface area contributed by atoms with Crippen LogP contribution in [0.2, 0.25) is 0 Å². The fourth-order valence-corrected chi connectivity index (χ4v) is 2.47. The molecule has 86 valence electrons. The highest BCUT2D eigenvalue weighted by Gasteiger charge is 2.23. The Bertz CT molecular complexity index is 551. The molecule has 2 rings (SSSR count). The molecule has 1 aliphatic carbocycles. The highest BCUT2D eigenvalue weighted by Crippen LogP contribution is 2.44. The van der Waals surface area contributed by atoms with Gasteiger partial charge in [-0.3, -0.25) is 0 Å². The van der Waals surface area contributed by atoms with Crippen LogP contribution in [0.4, 0.5) is 0 Å². The summed E-state index contributed by atoms with van der Waals surface area (Å²) < 4.78 is 0. The van der Waals surface area contributed by atoms with Crippen molar-refractivity contribution in [1.82, 2.24) is 0 Å². The summed E-state index contributed by atoms with van der Waals surface area (Å²) in [6, 6.07) is 8.56. The quantitative estimate of drug-likeness (QED) is 0.660. The second-order valence-corrected chi connectivity index (χ2v) is 4.32. The number of allylic oxidation sites excluding steroid dienone is 7. The van der Waals surface area contributed by atoms with Crippen molar-refractivity contribution in [1.29, 1.82) is 0 Å². The Hall–Kier alpha value is -1.82. The molecule has 0 bridgehead atoms. The average molecular weight is 222 g/mol. The van der Waals surface area contributed by atoms with Gasteiger partial charge in [0.2, 0.25) is 0 Å². The van der Waals surface area contributed by atoms with Crippen molar-refractivity contribution in [3.8, 4) is 0 Å². The van der Waals surface area contributed by atoms with Gasteiger partial charge in [0.15, 0.2) is 0 Å². The maximum absolute atomic E-state index is 4.12. The van der Waals surface area contributed by atoms with Crippen LogP contribution in [-0.4, -0.2) is 0 Å². The van der Waals surface area contributed by atoms with E-state index >= 15 is 0 Å². The van der Waals surface area contributed by atoms with E-state index in [0.29, 0.717) is 0 Å². The highest BCUT2D eigenvalue weighted by molar-refractivity contribution is 6.05. The molecule has 0 saturated carbocycles. The number of hydrogen-bond donors (Lipinski definition) is 0. The molecule has 0 unspecified atom stereocenters. The van der Waals surface area contributed by atoms with E-state index in [2.05, 4.69) is 69.8 Å². The number of hydrogen-bond acceptors (Lipinski definition) is 0. The Balaban J connectivity index is 2.77.